The van der Waals surface area contributed by atoms with Crippen LogP contribution in [-0.4, -0.2) is 11.7 Å². The summed E-state index contributed by atoms with van der Waals surface area (Å²) in [5.74, 6) is 0.0637. The molecule has 1 atom stereocenters. The fourth-order valence-corrected chi connectivity index (χ4v) is 3.56. The Labute approximate surface area is 126 Å². The van der Waals surface area contributed by atoms with Gasteiger partial charge in [-0.25, -0.2) is 4.39 Å². The highest BCUT2D eigenvalue weighted by Crippen LogP contribution is 2.42. The maximum absolute atomic E-state index is 13.8. The summed E-state index contributed by atoms with van der Waals surface area (Å²) in [7, 11) is 0. The van der Waals surface area contributed by atoms with Gasteiger partial charge in [-0.1, -0.05) is 18.2 Å². The summed E-state index contributed by atoms with van der Waals surface area (Å²) in [6.45, 7) is 1.70. The van der Waals surface area contributed by atoms with Gasteiger partial charge in [-0.05, 0) is 42.3 Å². The quantitative estimate of drug-likeness (QED) is 0.864. The van der Waals surface area contributed by atoms with Gasteiger partial charge in [0.25, 0.3) is 0 Å². The van der Waals surface area contributed by atoms with Crippen molar-refractivity contribution in [1.82, 2.24) is 0 Å². The van der Waals surface area contributed by atoms with Crippen LogP contribution in [0.1, 0.15) is 16.5 Å². The second-order valence-electron chi connectivity index (χ2n) is 5.03. The molecule has 0 aliphatic carbocycles. The Morgan fingerprint density at radius 3 is 2.81 bits per heavy atom. The standard InChI is InChI=1S/C16H15FN2OS/c1-10-5-6-13(8-14(10)17)19-15(20)9-21-16(19)11-3-2-4-12(18)7-11/h2-8,16H,9,18H2,1H3. The first-order valence-electron chi connectivity index (χ1n) is 6.61. The predicted octanol–water partition coefficient (Wildman–Crippen LogP) is 3.49. The lowest BCUT2D eigenvalue weighted by molar-refractivity contribution is -0.115. The van der Waals surface area contributed by atoms with Gasteiger partial charge in [0.05, 0.1) is 5.75 Å². The summed E-state index contributed by atoms with van der Waals surface area (Å²) >= 11 is 1.52. The molecule has 21 heavy (non-hydrogen) atoms. The van der Waals surface area contributed by atoms with Crippen molar-refractivity contribution in [3.05, 3.63) is 59.4 Å². The highest BCUT2D eigenvalue weighted by molar-refractivity contribution is 8.00. The van der Waals surface area contributed by atoms with Gasteiger partial charge < -0.3 is 5.73 Å². The number of nitrogen functional groups attached to an aromatic ring is 1. The van der Waals surface area contributed by atoms with Crippen LogP contribution in [0.5, 0.6) is 0 Å². The lowest BCUT2D eigenvalue weighted by Crippen LogP contribution is -2.28. The van der Waals surface area contributed by atoms with E-state index in [1.165, 1.54) is 17.8 Å². The minimum atomic E-state index is -0.302. The topological polar surface area (TPSA) is 46.3 Å². The number of nitrogens with two attached hydrogens (primary N) is 1. The van der Waals surface area contributed by atoms with E-state index in [0.29, 0.717) is 22.7 Å². The molecule has 2 aromatic rings. The smallest absolute Gasteiger partial charge is 0.238 e. The Bertz CT molecular complexity index is 704. The molecule has 0 aromatic heterocycles. The van der Waals surface area contributed by atoms with Crippen molar-refractivity contribution in [3.8, 4) is 0 Å². The summed E-state index contributed by atoms with van der Waals surface area (Å²) in [4.78, 5) is 13.8. The lowest BCUT2D eigenvalue weighted by atomic mass is 10.1. The second-order valence-corrected chi connectivity index (χ2v) is 6.10. The molecule has 0 saturated carbocycles. The van der Waals surface area contributed by atoms with E-state index < -0.39 is 0 Å². The molecule has 2 N–H and O–H groups in total. The number of rotatable bonds is 2. The minimum absolute atomic E-state index is 0.0179. The number of thioether (sulfide) groups is 1. The van der Waals surface area contributed by atoms with E-state index in [-0.39, 0.29) is 17.1 Å². The van der Waals surface area contributed by atoms with Crippen molar-refractivity contribution in [2.24, 2.45) is 0 Å². The second kappa shape index (κ2) is 5.41. The molecule has 3 rings (SSSR count). The Kier molecular flexibility index (Phi) is 3.59. The largest absolute Gasteiger partial charge is 0.399 e. The van der Waals surface area contributed by atoms with Gasteiger partial charge in [0.1, 0.15) is 11.2 Å². The number of aryl methyl sites for hydroxylation is 1. The van der Waals surface area contributed by atoms with Crippen LogP contribution in [-0.2, 0) is 4.79 Å². The maximum Gasteiger partial charge on any atom is 0.238 e. The van der Waals surface area contributed by atoms with E-state index in [1.54, 1.807) is 30.0 Å². The third-order valence-corrected chi connectivity index (χ3v) is 4.71. The molecule has 1 unspecified atom stereocenters. The molecule has 0 bridgehead atoms. The van der Waals surface area contributed by atoms with Crippen LogP contribution < -0.4 is 10.6 Å². The Morgan fingerprint density at radius 2 is 2.10 bits per heavy atom. The molecule has 1 saturated heterocycles. The van der Waals surface area contributed by atoms with Crippen molar-refractivity contribution < 1.29 is 9.18 Å². The number of benzene rings is 2. The third kappa shape index (κ3) is 2.61. The van der Waals surface area contributed by atoms with Crippen molar-refractivity contribution in [2.75, 3.05) is 16.4 Å². The first-order valence-corrected chi connectivity index (χ1v) is 7.66. The van der Waals surface area contributed by atoms with Crippen molar-refractivity contribution in [1.29, 1.82) is 0 Å². The van der Waals surface area contributed by atoms with E-state index in [4.69, 9.17) is 5.73 Å². The molecule has 1 amide bonds. The summed E-state index contributed by atoms with van der Waals surface area (Å²) in [6.07, 6.45) is 0. The minimum Gasteiger partial charge on any atom is -0.399 e. The first kappa shape index (κ1) is 13.9. The van der Waals surface area contributed by atoms with Crippen LogP contribution in [0.3, 0.4) is 0 Å². The number of anilines is 2. The highest BCUT2D eigenvalue weighted by atomic mass is 32.2. The lowest BCUT2D eigenvalue weighted by Gasteiger charge is -2.24. The fraction of sp³-hybridized carbons (Fsp3) is 0.188. The molecule has 1 fully saturated rings. The first-order chi connectivity index (χ1) is 10.1. The monoisotopic (exact) mass is 302 g/mol. The van der Waals surface area contributed by atoms with E-state index in [0.717, 1.165) is 5.56 Å². The molecular formula is C16H15FN2OS. The van der Waals surface area contributed by atoms with Gasteiger partial charge in [0.15, 0.2) is 0 Å². The molecule has 3 nitrogen and oxygen atoms in total. The number of hydrogen-bond acceptors (Lipinski definition) is 3. The zero-order valence-electron chi connectivity index (χ0n) is 11.5. The van der Waals surface area contributed by atoms with Gasteiger partial charge in [-0.15, -0.1) is 11.8 Å². The molecule has 108 valence electrons. The molecular weight excluding hydrogens is 287 g/mol. The average molecular weight is 302 g/mol. The molecule has 2 aromatic carbocycles. The van der Waals surface area contributed by atoms with Gasteiger partial charge in [-0.3, -0.25) is 9.69 Å². The zero-order valence-corrected chi connectivity index (χ0v) is 12.4. The average Bonchev–Trinajstić information content (AvgIpc) is 2.84. The molecule has 0 spiro atoms. The van der Waals surface area contributed by atoms with Crippen LogP contribution in [0, 0.1) is 12.7 Å². The SMILES string of the molecule is Cc1ccc(N2C(=O)CSC2c2cccc(N)c2)cc1F. The highest BCUT2D eigenvalue weighted by Gasteiger charge is 2.34. The van der Waals surface area contributed by atoms with Gasteiger partial charge in [-0.2, -0.15) is 0 Å². The molecule has 1 aliphatic heterocycles. The summed E-state index contributed by atoms with van der Waals surface area (Å²) in [5, 5.41) is -0.164. The van der Waals surface area contributed by atoms with E-state index in [1.807, 2.05) is 18.2 Å². The van der Waals surface area contributed by atoms with E-state index in [2.05, 4.69) is 0 Å². The third-order valence-electron chi connectivity index (χ3n) is 3.50. The number of amides is 1. The fourth-order valence-electron chi connectivity index (χ4n) is 2.39. The van der Waals surface area contributed by atoms with Crippen LogP contribution in [0.2, 0.25) is 0 Å². The molecule has 1 aliphatic rings. The normalized spacial score (nSPS) is 18.3. The van der Waals surface area contributed by atoms with Crippen LogP contribution in [0.4, 0.5) is 15.8 Å². The van der Waals surface area contributed by atoms with Crippen LogP contribution in [0.25, 0.3) is 0 Å². The van der Waals surface area contributed by atoms with E-state index >= 15 is 0 Å². The number of halogens is 1. The molecule has 1 heterocycles. The van der Waals surface area contributed by atoms with Crippen LogP contribution >= 0.6 is 11.8 Å². The number of carbonyl (C=O) groups excluding carboxylic acids is 1. The van der Waals surface area contributed by atoms with Gasteiger partial charge in [0.2, 0.25) is 5.91 Å². The van der Waals surface area contributed by atoms with Gasteiger partial charge >= 0.3 is 0 Å². The van der Waals surface area contributed by atoms with Crippen molar-refractivity contribution in [2.45, 2.75) is 12.3 Å². The Hall–Kier alpha value is -2.01. The zero-order chi connectivity index (χ0) is 15.0. The molecule has 5 heteroatoms. The van der Waals surface area contributed by atoms with Crippen molar-refractivity contribution >= 4 is 29.0 Å². The Balaban J connectivity index is 2.01. The Morgan fingerprint density at radius 1 is 1.29 bits per heavy atom. The van der Waals surface area contributed by atoms with Gasteiger partial charge in [0, 0.05) is 11.4 Å². The maximum atomic E-state index is 13.8. The summed E-state index contributed by atoms with van der Waals surface area (Å²) in [5.41, 5.74) is 8.57. The number of carbonyl (C=O) groups is 1. The molecule has 0 radical (unpaired) electrons. The van der Waals surface area contributed by atoms with Crippen molar-refractivity contribution in [3.63, 3.8) is 0 Å². The summed E-state index contributed by atoms with van der Waals surface area (Å²) in [6, 6.07) is 12.3. The van der Waals surface area contributed by atoms with Crippen LogP contribution in [0.15, 0.2) is 42.5 Å². The predicted molar refractivity (Wildman–Crippen MR) is 84.7 cm³/mol. The van der Waals surface area contributed by atoms with E-state index in [9.17, 15) is 9.18 Å². The summed E-state index contributed by atoms with van der Waals surface area (Å²) < 4.78 is 13.8. The number of hydrogen-bond donors (Lipinski definition) is 1. The number of nitrogens with zero attached hydrogens (tertiary/aromatic N) is 1.